The van der Waals surface area contributed by atoms with Gasteiger partial charge in [-0.25, -0.2) is 0 Å². The van der Waals surface area contributed by atoms with Crippen molar-refractivity contribution in [3.05, 3.63) is 52.8 Å². The maximum Gasteiger partial charge on any atom is 0.416 e. The molecule has 0 spiro atoms. The van der Waals surface area contributed by atoms with Gasteiger partial charge in [0.2, 0.25) is 0 Å². The smallest absolute Gasteiger partial charge is 0.322 e. The number of aryl methyl sites for hydroxylation is 2. The minimum Gasteiger partial charge on any atom is -0.322 e. The van der Waals surface area contributed by atoms with Crippen LogP contribution in [0, 0.1) is 6.92 Å². The molecule has 1 atom stereocenters. The Balaban J connectivity index is 2.21. The third kappa shape index (κ3) is 3.64. The highest BCUT2D eigenvalue weighted by Crippen LogP contribution is 2.30. The van der Waals surface area contributed by atoms with Crippen LogP contribution < -0.4 is 5.73 Å². The van der Waals surface area contributed by atoms with E-state index in [0.29, 0.717) is 18.5 Å². The summed E-state index contributed by atoms with van der Waals surface area (Å²) in [5.41, 5.74) is 7.75. The molecule has 1 unspecified atom stereocenters. The molecule has 21 heavy (non-hydrogen) atoms. The molecule has 0 amide bonds. The van der Waals surface area contributed by atoms with Crippen molar-refractivity contribution < 1.29 is 13.2 Å². The Morgan fingerprint density at radius 1 is 1.29 bits per heavy atom. The van der Waals surface area contributed by atoms with Gasteiger partial charge in [-0.05, 0) is 38.0 Å². The van der Waals surface area contributed by atoms with Crippen LogP contribution in [0.1, 0.15) is 35.5 Å². The lowest BCUT2D eigenvalue weighted by Gasteiger charge is -2.14. The second kappa shape index (κ2) is 5.89. The van der Waals surface area contributed by atoms with Gasteiger partial charge in [0.15, 0.2) is 0 Å². The highest BCUT2D eigenvalue weighted by molar-refractivity contribution is 5.27. The molecule has 1 heterocycles. The number of alkyl halides is 3. The number of nitrogens with zero attached hydrogens (tertiary/aromatic N) is 2. The van der Waals surface area contributed by atoms with Crippen LogP contribution in [0.15, 0.2) is 30.3 Å². The lowest BCUT2D eigenvalue weighted by atomic mass is 10.0. The molecule has 0 aliphatic carbocycles. The van der Waals surface area contributed by atoms with Crippen LogP contribution in [-0.2, 0) is 19.1 Å². The van der Waals surface area contributed by atoms with E-state index in [1.165, 1.54) is 6.07 Å². The Hall–Kier alpha value is -1.82. The number of aromatic nitrogens is 2. The van der Waals surface area contributed by atoms with Crippen LogP contribution in [0.3, 0.4) is 0 Å². The average Bonchev–Trinajstić information content (AvgIpc) is 2.79. The molecule has 0 bridgehead atoms. The third-order valence-corrected chi connectivity index (χ3v) is 3.32. The van der Waals surface area contributed by atoms with Crippen molar-refractivity contribution in [1.29, 1.82) is 0 Å². The standard InChI is InChI=1S/C15H18F3N3/c1-3-21-14(7-10(2)20-21)13(19)9-11-5-4-6-12(8-11)15(16,17)18/h4-8,13H,3,9,19H2,1-2H3. The van der Waals surface area contributed by atoms with Crippen LogP contribution in [0.5, 0.6) is 0 Å². The van der Waals surface area contributed by atoms with E-state index in [9.17, 15) is 13.2 Å². The first-order valence-corrected chi connectivity index (χ1v) is 6.77. The first kappa shape index (κ1) is 15.6. The lowest BCUT2D eigenvalue weighted by molar-refractivity contribution is -0.137. The molecule has 0 saturated carbocycles. The highest BCUT2D eigenvalue weighted by atomic mass is 19.4. The Morgan fingerprint density at radius 2 is 2.00 bits per heavy atom. The zero-order valence-corrected chi connectivity index (χ0v) is 12.0. The summed E-state index contributed by atoms with van der Waals surface area (Å²) >= 11 is 0. The van der Waals surface area contributed by atoms with Crippen molar-refractivity contribution in [2.24, 2.45) is 5.73 Å². The van der Waals surface area contributed by atoms with Gasteiger partial charge in [-0.3, -0.25) is 4.68 Å². The van der Waals surface area contributed by atoms with Gasteiger partial charge >= 0.3 is 6.18 Å². The number of rotatable bonds is 4. The molecule has 0 radical (unpaired) electrons. The fourth-order valence-electron chi connectivity index (χ4n) is 2.35. The van der Waals surface area contributed by atoms with Gasteiger partial charge in [-0.15, -0.1) is 0 Å². The predicted molar refractivity (Wildman–Crippen MR) is 74.7 cm³/mol. The lowest BCUT2D eigenvalue weighted by Crippen LogP contribution is -2.18. The molecule has 0 aliphatic rings. The number of nitrogens with two attached hydrogens (primary N) is 1. The Kier molecular flexibility index (Phi) is 4.37. The molecular formula is C15H18F3N3. The zero-order chi connectivity index (χ0) is 15.6. The summed E-state index contributed by atoms with van der Waals surface area (Å²) in [6.45, 7) is 4.50. The SMILES string of the molecule is CCn1nc(C)cc1C(N)Cc1cccc(C(F)(F)F)c1. The molecule has 1 aromatic heterocycles. The van der Waals surface area contributed by atoms with E-state index in [0.717, 1.165) is 23.5 Å². The van der Waals surface area contributed by atoms with E-state index < -0.39 is 11.7 Å². The molecule has 3 nitrogen and oxygen atoms in total. The molecule has 2 N–H and O–H groups in total. The van der Waals surface area contributed by atoms with Crippen molar-refractivity contribution >= 4 is 0 Å². The van der Waals surface area contributed by atoms with Gasteiger partial charge in [-0.2, -0.15) is 18.3 Å². The summed E-state index contributed by atoms with van der Waals surface area (Å²) < 4.78 is 39.9. The van der Waals surface area contributed by atoms with Crippen LogP contribution in [0.4, 0.5) is 13.2 Å². The number of benzene rings is 1. The van der Waals surface area contributed by atoms with Gasteiger partial charge in [-0.1, -0.05) is 18.2 Å². The van der Waals surface area contributed by atoms with E-state index in [-0.39, 0.29) is 6.04 Å². The van der Waals surface area contributed by atoms with Gasteiger partial charge in [0.05, 0.1) is 23.0 Å². The maximum absolute atomic E-state index is 12.7. The van der Waals surface area contributed by atoms with E-state index in [4.69, 9.17) is 5.73 Å². The van der Waals surface area contributed by atoms with Crippen LogP contribution >= 0.6 is 0 Å². The Bertz CT molecular complexity index is 617. The normalized spacial score (nSPS) is 13.4. The fraction of sp³-hybridized carbons (Fsp3) is 0.400. The highest BCUT2D eigenvalue weighted by Gasteiger charge is 2.30. The fourth-order valence-corrected chi connectivity index (χ4v) is 2.35. The van der Waals surface area contributed by atoms with Crippen molar-refractivity contribution in [3.8, 4) is 0 Å². The van der Waals surface area contributed by atoms with E-state index in [2.05, 4.69) is 5.10 Å². The molecule has 1 aromatic carbocycles. The van der Waals surface area contributed by atoms with E-state index in [1.807, 2.05) is 19.9 Å². The van der Waals surface area contributed by atoms with Gasteiger partial charge in [0.25, 0.3) is 0 Å². The van der Waals surface area contributed by atoms with Gasteiger partial charge in [0.1, 0.15) is 0 Å². The summed E-state index contributed by atoms with van der Waals surface area (Å²) in [7, 11) is 0. The molecule has 0 aliphatic heterocycles. The summed E-state index contributed by atoms with van der Waals surface area (Å²) in [6, 6.07) is 6.79. The zero-order valence-electron chi connectivity index (χ0n) is 12.0. The number of hydrogen-bond acceptors (Lipinski definition) is 2. The molecule has 0 saturated heterocycles. The predicted octanol–water partition coefficient (Wildman–Crippen LogP) is 3.47. The summed E-state index contributed by atoms with van der Waals surface area (Å²) in [4.78, 5) is 0. The minimum atomic E-state index is -4.33. The first-order valence-electron chi connectivity index (χ1n) is 6.77. The Labute approximate surface area is 121 Å². The number of halogens is 3. The topological polar surface area (TPSA) is 43.8 Å². The average molecular weight is 297 g/mol. The maximum atomic E-state index is 12.7. The third-order valence-electron chi connectivity index (χ3n) is 3.32. The largest absolute Gasteiger partial charge is 0.416 e. The van der Waals surface area contributed by atoms with Crippen LogP contribution in [0.25, 0.3) is 0 Å². The van der Waals surface area contributed by atoms with E-state index in [1.54, 1.807) is 10.7 Å². The molecule has 6 heteroatoms. The first-order chi connectivity index (χ1) is 9.81. The minimum absolute atomic E-state index is 0.342. The molecular weight excluding hydrogens is 279 g/mol. The molecule has 0 fully saturated rings. The van der Waals surface area contributed by atoms with E-state index >= 15 is 0 Å². The molecule has 2 rings (SSSR count). The second-order valence-corrected chi connectivity index (χ2v) is 5.04. The molecule has 2 aromatic rings. The van der Waals surface area contributed by atoms with Gasteiger partial charge < -0.3 is 5.73 Å². The van der Waals surface area contributed by atoms with Crippen molar-refractivity contribution in [1.82, 2.24) is 9.78 Å². The molecule has 114 valence electrons. The quantitative estimate of drug-likeness (QED) is 0.939. The summed E-state index contributed by atoms with van der Waals surface area (Å²) in [6.07, 6.45) is -3.99. The summed E-state index contributed by atoms with van der Waals surface area (Å²) in [5, 5.41) is 4.31. The summed E-state index contributed by atoms with van der Waals surface area (Å²) in [5.74, 6) is 0. The van der Waals surface area contributed by atoms with Crippen molar-refractivity contribution in [2.45, 2.75) is 39.0 Å². The monoisotopic (exact) mass is 297 g/mol. The van der Waals surface area contributed by atoms with Crippen molar-refractivity contribution in [3.63, 3.8) is 0 Å². The number of hydrogen-bond donors (Lipinski definition) is 1. The Morgan fingerprint density at radius 3 is 2.62 bits per heavy atom. The second-order valence-electron chi connectivity index (χ2n) is 5.04. The van der Waals surface area contributed by atoms with Crippen LogP contribution in [0.2, 0.25) is 0 Å². The van der Waals surface area contributed by atoms with Crippen molar-refractivity contribution in [2.75, 3.05) is 0 Å². The van der Waals surface area contributed by atoms with Gasteiger partial charge in [0, 0.05) is 6.54 Å². The van der Waals surface area contributed by atoms with Crippen LogP contribution in [-0.4, -0.2) is 9.78 Å².